The fourth-order valence-electron chi connectivity index (χ4n) is 2.72. The van der Waals surface area contributed by atoms with Gasteiger partial charge in [0.05, 0.1) is 5.56 Å². The molecule has 0 aromatic heterocycles. The fourth-order valence-corrected chi connectivity index (χ4v) is 2.72. The second-order valence-corrected chi connectivity index (χ2v) is 6.33. The lowest BCUT2D eigenvalue weighted by Crippen LogP contribution is -1.96. The molecule has 0 aliphatic heterocycles. The first-order valence-corrected chi connectivity index (χ1v) is 8.83. The molecule has 122 valence electrons. The summed E-state index contributed by atoms with van der Waals surface area (Å²) in [6, 6.07) is 18.3. The number of hydrogen-bond donors (Lipinski definition) is 0. The number of nitriles is 1. The van der Waals surface area contributed by atoms with Gasteiger partial charge in [-0.2, -0.15) is 5.26 Å². The van der Waals surface area contributed by atoms with Gasteiger partial charge in [-0.15, -0.1) is 0 Å². The highest BCUT2D eigenvalue weighted by Crippen LogP contribution is 2.18. The monoisotopic (exact) mass is 315 g/mol. The van der Waals surface area contributed by atoms with Crippen LogP contribution < -0.4 is 0 Å². The summed E-state index contributed by atoms with van der Waals surface area (Å²) < 4.78 is 0. The van der Waals surface area contributed by atoms with Crippen molar-refractivity contribution in [2.75, 3.05) is 0 Å². The normalized spacial score (nSPS) is 11.2. The highest BCUT2D eigenvalue weighted by atomic mass is 14.3. The van der Waals surface area contributed by atoms with Gasteiger partial charge in [-0.3, -0.25) is 0 Å². The summed E-state index contributed by atoms with van der Waals surface area (Å²) in [5.41, 5.74) is 3.67. The number of benzene rings is 2. The summed E-state index contributed by atoms with van der Waals surface area (Å²) in [4.78, 5) is 0. The van der Waals surface area contributed by atoms with E-state index in [0.717, 1.165) is 41.0 Å². The van der Waals surface area contributed by atoms with E-state index in [0.29, 0.717) is 0 Å². The van der Waals surface area contributed by atoms with Crippen molar-refractivity contribution in [3.05, 3.63) is 70.8 Å². The molecule has 0 bridgehead atoms. The molecule has 0 fully saturated rings. The van der Waals surface area contributed by atoms with Crippen LogP contribution in [0, 0.1) is 29.1 Å². The van der Waals surface area contributed by atoms with Gasteiger partial charge in [0.2, 0.25) is 0 Å². The molecule has 1 atom stereocenters. The van der Waals surface area contributed by atoms with Crippen molar-refractivity contribution in [3.8, 4) is 17.9 Å². The third-order valence-electron chi connectivity index (χ3n) is 4.47. The van der Waals surface area contributed by atoms with Crippen LogP contribution in [0.25, 0.3) is 0 Å². The van der Waals surface area contributed by atoms with E-state index < -0.39 is 0 Å². The largest absolute Gasteiger partial charge is 0.192 e. The maximum Gasteiger partial charge on any atom is 0.101 e. The van der Waals surface area contributed by atoms with Crippen LogP contribution in [-0.4, -0.2) is 0 Å². The number of nitrogens with zero attached hydrogens (tertiary/aromatic N) is 1. The maximum atomic E-state index is 9.56. The van der Waals surface area contributed by atoms with Gasteiger partial charge in [0.15, 0.2) is 0 Å². The zero-order valence-corrected chi connectivity index (χ0v) is 14.7. The number of rotatable bonds is 6. The van der Waals surface area contributed by atoms with Gasteiger partial charge in [0.25, 0.3) is 0 Å². The molecule has 0 spiro atoms. The Bertz CT molecular complexity index is 741. The van der Waals surface area contributed by atoms with Gasteiger partial charge < -0.3 is 0 Å². The second kappa shape index (κ2) is 9.59. The molecule has 1 unspecified atom stereocenters. The Morgan fingerprint density at radius 3 is 2.46 bits per heavy atom. The number of unbranched alkanes of at least 4 members (excludes halogenated alkanes) is 1. The lowest BCUT2D eigenvalue weighted by Gasteiger charge is -2.09. The van der Waals surface area contributed by atoms with E-state index in [4.69, 9.17) is 0 Å². The van der Waals surface area contributed by atoms with Gasteiger partial charge >= 0.3 is 0 Å². The molecule has 0 heterocycles. The molecule has 2 aromatic carbocycles. The lowest BCUT2D eigenvalue weighted by molar-refractivity contribution is 0.484. The van der Waals surface area contributed by atoms with Crippen LogP contribution in [0.4, 0.5) is 0 Å². The molecule has 2 aromatic rings. The van der Waals surface area contributed by atoms with Crippen LogP contribution in [-0.2, 0) is 6.42 Å². The minimum Gasteiger partial charge on any atom is -0.192 e. The van der Waals surface area contributed by atoms with Crippen molar-refractivity contribution < 1.29 is 0 Å². The SMILES string of the molecule is CCC(C)CCCCc1cccc(C#Cc2ccccc2)c1C#N. The summed E-state index contributed by atoms with van der Waals surface area (Å²) in [5.74, 6) is 7.11. The number of hydrogen-bond acceptors (Lipinski definition) is 1. The third kappa shape index (κ3) is 5.29. The highest BCUT2D eigenvalue weighted by molar-refractivity contribution is 5.54. The van der Waals surface area contributed by atoms with Crippen LogP contribution in [0.2, 0.25) is 0 Å². The second-order valence-electron chi connectivity index (χ2n) is 6.33. The minimum absolute atomic E-state index is 0.740. The first kappa shape index (κ1) is 17.8. The van der Waals surface area contributed by atoms with E-state index in [1.165, 1.54) is 19.3 Å². The maximum absolute atomic E-state index is 9.56. The van der Waals surface area contributed by atoms with Crippen molar-refractivity contribution >= 4 is 0 Å². The van der Waals surface area contributed by atoms with Gasteiger partial charge in [-0.25, -0.2) is 0 Å². The average Bonchev–Trinajstić information content (AvgIpc) is 2.64. The molecular formula is C23H25N. The standard InChI is InChI=1S/C23H25N/c1-3-19(2)10-7-8-13-21-14-9-15-22(23(21)18-24)17-16-20-11-5-4-6-12-20/h4-6,9,11-12,14-15,19H,3,7-8,10,13H2,1-2H3. The Balaban J connectivity index is 2.09. The zero-order valence-electron chi connectivity index (χ0n) is 14.7. The highest BCUT2D eigenvalue weighted by Gasteiger charge is 2.07. The zero-order chi connectivity index (χ0) is 17.2. The molecule has 0 N–H and O–H groups in total. The smallest absolute Gasteiger partial charge is 0.101 e. The molecular weight excluding hydrogens is 290 g/mol. The predicted molar refractivity (Wildman–Crippen MR) is 101 cm³/mol. The van der Waals surface area contributed by atoms with Crippen molar-refractivity contribution in [1.82, 2.24) is 0 Å². The summed E-state index contributed by atoms with van der Waals surface area (Å²) in [5, 5.41) is 9.56. The summed E-state index contributed by atoms with van der Waals surface area (Å²) in [7, 11) is 0. The molecule has 2 rings (SSSR count). The molecule has 1 heteroatoms. The predicted octanol–water partition coefficient (Wildman–Crippen LogP) is 5.72. The van der Waals surface area contributed by atoms with Crippen molar-refractivity contribution in [2.45, 2.75) is 46.0 Å². The van der Waals surface area contributed by atoms with Crippen LogP contribution in [0.3, 0.4) is 0 Å². The molecule has 0 saturated heterocycles. The first-order valence-electron chi connectivity index (χ1n) is 8.83. The van der Waals surface area contributed by atoms with Crippen LogP contribution in [0.1, 0.15) is 61.8 Å². The Morgan fingerprint density at radius 2 is 1.75 bits per heavy atom. The van der Waals surface area contributed by atoms with Crippen molar-refractivity contribution in [1.29, 1.82) is 5.26 Å². The average molecular weight is 315 g/mol. The van der Waals surface area contributed by atoms with Crippen molar-refractivity contribution in [2.24, 2.45) is 5.92 Å². The molecule has 24 heavy (non-hydrogen) atoms. The molecule has 1 nitrogen and oxygen atoms in total. The van der Waals surface area contributed by atoms with Gasteiger partial charge in [-0.1, -0.05) is 75.3 Å². The molecule has 0 saturated carbocycles. The molecule has 0 aliphatic rings. The third-order valence-corrected chi connectivity index (χ3v) is 4.47. The Morgan fingerprint density at radius 1 is 0.958 bits per heavy atom. The minimum atomic E-state index is 0.740. The lowest BCUT2D eigenvalue weighted by atomic mass is 9.95. The van der Waals surface area contributed by atoms with Crippen LogP contribution in [0.5, 0.6) is 0 Å². The summed E-state index contributed by atoms with van der Waals surface area (Å²) >= 11 is 0. The Hall–Kier alpha value is -2.51. The summed E-state index contributed by atoms with van der Waals surface area (Å²) in [6.45, 7) is 4.55. The van der Waals surface area contributed by atoms with E-state index in [1.54, 1.807) is 0 Å². The van der Waals surface area contributed by atoms with E-state index in [2.05, 4.69) is 37.8 Å². The van der Waals surface area contributed by atoms with Crippen LogP contribution >= 0.6 is 0 Å². The number of aryl methyl sites for hydroxylation is 1. The van der Waals surface area contributed by atoms with Gasteiger partial charge in [0.1, 0.15) is 6.07 Å². The van der Waals surface area contributed by atoms with E-state index in [9.17, 15) is 5.26 Å². The Labute approximate surface area is 146 Å². The molecule has 0 amide bonds. The quantitative estimate of drug-likeness (QED) is 0.494. The summed E-state index contributed by atoms with van der Waals surface area (Å²) in [6.07, 6.45) is 5.83. The van der Waals surface area contributed by atoms with Gasteiger partial charge in [-0.05, 0) is 42.5 Å². The van der Waals surface area contributed by atoms with E-state index in [-0.39, 0.29) is 0 Å². The molecule has 0 aliphatic carbocycles. The first-order chi connectivity index (χ1) is 11.7. The van der Waals surface area contributed by atoms with E-state index in [1.807, 2.05) is 42.5 Å². The Kier molecular flexibility index (Phi) is 7.13. The van der Waals surface area contributed by atoms with Crippen LogP contribution in [0.15, 0.2) is 48.5 Å². The van der Waals surface area contributed by atoms with Crippen molar-refractivity contribution in [3.63, 3.8) is 0 Å². The molecule has 0 radical (unpaired) electrons. The van der Waals surface area contributed by atoms with E-state index >= 15 is 0 Å². The fraction of sp³-hybridized carbons (Fsp3) is 0.348. The topological polar surface area (TPSA) is 23.8 Å². The van der Waals surface area contributed by atoms with Gasteiger partial charge in [0, 0.05) is 11.1 Å².